The first-order valence-corrected chi connectivity index (χ1v) is 10.6. The number of aliphatic hydroxyl groups is 2. The topological polar surface area (TPSA) is 182 Å². The van der Waals surface area contributed by atoms with Crippen LogP contribution >= 0.6 is 0 Å². The number of fused-ring (bicyclic) bond motifs is 3. The van der Waals surface area contributed by atoms with Crippen LogP contribution in [0.5, 0.6) is 5.75 Å². The van der Waals surface area contributed by atoms with Crippen LogP contribution in [0.1, 0.15) is 39.1 Å². The molecule has 0 saturated carbocycles. The lowest BCUT2D eigenvalue weighted by atomic mass is 9.62. The molecule has 3 unspecified atom stereocenters. The number of carbonyl (C=O) groups excluding carboxylic acids is 4. The largest absolute Gasteiger partial charge is 0.511 e. The lowest BCUT2D eigenvalue weighted by Crippen LogP contribution is -2.43. The van der Waals surface area contributed by atoms with Crippen LogP contribution in [-0.2, 0) is 16.0 Å². The van der Waals surface area contributed by atoms with Crippen molar-refractivity contribution in [2.24, 2.45) is 23.5 Å². The Labute approximate surface area is 194 Å². The Hall–Kier alpha value is -3.86. The number of aromatic hydroxyl groups is 1. The summed E-state index contributed by atoms with van der Waals surface area (Å²) < 4.78 is 0. The smallest absolute Gasteiger partial charge is 0.280 e. The molecule has 0 aromatic heterocycles. The van der Waals surface area contributed by atoms with Crippen molar-refractivity contribution in [3.8, 4) is 5.75 Å². The van der Waals surface area contributed by atoms with E-state index in [4.69, 9.17) is 5.73 Å². The molecule has 0 aliphatic heterocycles. The first-order chi connectivity index (χ1) is 15.9. The van der Waals surface area contributed by atoms with Gasteiger partial charge in [0.15, 0.2) is 11.6 Å². The van der Waals surface area contributed by atoms with Gasteiger partial charge in [0.2, 0.25) is 0 Å². The fourth-order valence-electron chi connectivity index (χ4n) is 5.42. The summed E-state index contributed by atoms with van der Waals surface area (Å²) in [5.41, 5.74) is 5.02. The Morgan fingerprint density at radius 3 is 2.29 bits per heavy atom. The molecule has 3 aliphatic rings. The van der Waals surface area contributed by atoms with E-state index in [1.165, 1.54) is 6.07 Å². The third-order valence-corrected chi connectivity index (χ3v) is 6.87. The van der Waals surface area contributed by atoms with Crippen molar-refractivity contribution in [2.45, 2.75) is 19.3 Å². The van der Waals surface area contributed by atoms with Crippen LogP contribution in [0.4, 0.5) is 5.69 Å². The second-order valence-electron chi connectivity index (χ2n) is 9.13. The van der Waals surface area contributed by atoms with E-state index in [9.17, 15) is 39.7 Å². The normalized spacial score (nSPS) is 23.8. The molecule has 0 bridgehead atoms. The Morgan fingerprint density at radius 1 is 1.09 bits per heavy atom. The van der Waals surface area contributed by atoms with Crippen molar-refractivity contribution >= 4 is 29.1 Å². The molecular formula is C23H25N3O8. The minimum absolute atomic E-state index is 0.0500. The molecule has 1 aromatic rings. The van der Waals surface area contributed by atoms with E-state index in [2.05, 4.69) is 0 Å². The summed E-state index contributed by atoms with van der Waals surface area (Å²) in [6.07, 6.45) is 0.436. The first-order valence-electron chi connectivity index (χ1n) is 10.6. The molecule has 0 spiro atoms. The van der Waals surface area contributed by atoms with E-state index in [1.807, 2.05) is 0 Å². The number of Topliss-reactive ketones (excluding diaryl/α,β-unsaturated/α-hetero) is 2. The first kappa shape index (κ1) is 23.3. The summed E-state index contributed by atoms with van der Waals surface area (Å²) in [4.78, 5) is 52.3. The van der Waals surface area contributed by atoms with Gasteiger partial charge in [-0.1, -0.05) is 0 Å². The van der Waals surface area contributed by atoms with Gasteiger partial charge in [0.1, 0.15) is 22.8 Å². The van der Waals surface area contributed by atoms with Crippen molar-refractivity contribution in [2.75, 3.05) is 26.0 Å². The van der Waals surface area contributed by atoms with Crippen LogP contribution in [0, 0.1) is 17.8 Å². The predicted octanol–water partition coefficient (Wildman–Crippen LogP) is 0.993. The molecule has 0 heterocycles. The third-order valence-electron chi connectivity index (χ3n) is 6.87. The third kappa shape index (κ3) is 3.23. The quantitative estimate of drug-likeness (QED) is 0.244. The number of anilines is 1. The van der Waals surface area contributed by atoms with Gasteiger partial charge in [-0.2, -0.15) is 0 Å². The van der Waals surface area contributed by atoms with Crippen LogP contribution < -0.4 is 10.6 Å². The van der Waals surface area contributed by atoms with E-state index in [0.29, 0.717) is 11.3 Å². The molecule has 3 aliphatic carbocycles. The minimum atomic E-state index is -1.22. The number of ketones is 2. The highest BCUT2D eigenvalue weighted by Gasteiger charge is 2.50. The molecule has 6 N–H and O–H groups in total. The van der Waals surface area contributed by atoms with Crippen LogP contribution in [0.3, 0.4) is 0 Å². The number of amides is 2. The van der Waals surface area contributed by atoms with E-state index >= 15 is 0 Å². The Morgan fingerprint density at radius 2 is 1.74 bits per heavy atom. The highest BCUT2D eigenvalue weighted by atomic mass is 16.5. The maximum Gasteiger partial charge on any atom is 0.280 e. The molecule has 0 saturated heterocycles. The van der Waals surface area contributed by atoms with Crippen LogP contribution in [-0.4, -0.2) is 70.1 Å². The molecule has 2 amide bonds. The lowest BCUT2D eigenvalue weighted by molar-refractivity contribution is -0.126. The van der Waals surface area contributed by atoms with Crippen molar-refractivity contribution in [1.29, 1.82) is 0 Å². The fraction of sp³-hybridized carbons (Fsp3) is 0.391. The van der Waals surface area contributed by atoms with Gasteiger partial charge >= 0.3 is 0 Å². The van der Waals surface area contributed by atoms with E-state index in [1.54, 1.807) is 19.0 Å². The number of allylic oxidation sites excluding steroid dienone is 3. The molecule has 11 heteroatoms. The zero-order valence-electron chi connectivity index (χ0n) is 18.8. The van der Waals surface area contributed by atoms with Crippen LogP contribution in [0.2, 0.25) is 0 Å². The fourth-order valence-corrected chi connectivity index (χ4v) is 5.42. The maximum absolute atomic E-state index is 13.6. The average molecular weight is 471 g/mol. The number of primary amides is 1. The SMILES string of the molecule is CN(O)C(=O)c1cc(N(C)C)c2c(c1O)C(=O)C1=C(O)C3C(=O)C(C(N)=O)=C(O)CC3CC1C2. The average Bonchev–Trinajstić information content (AvgIpc) is 2.72. The lowest BCUT2D eigenvalue weighted by Gasteiger charge is -2.41. The summed E-state index contributed by atoms with van der Waals surface area (Å²) >= 11 is 0. The van der Waals surface area contributed by atoms with Crippen molar-refractivity contribution in [3.63, 3.8) is 0 Å². The second-order valence-corrected chi connectivity index (χ2v) is 9.13. The number of benzene rings is 1. The van der Waals surface area contributed by atoms with Crippen molar-refractivity contribution < 1.29 is 39.7 Å². The highest BCUT2D eigenvalue weighted by molar-refractivity contribution is 6.22. The number of carbonyl (C=O) groups is 4. The summed E-state index contributed by atoms with van der Waals surface area (Å²) in [6, 6.07) is 1.38. The van der Waals surface area contributed by atoms with Crippen molar-refractivity contribution in [3.05, 3.63) is 45.4 Å². The highest BCUT2D eigenvalue weighted by Crippen LogP contribution is 2.51. The summed E-state index contributed by atoms with van der Waals surface area (Å²) in [7, 11) is 4.47. The van der Waals surface area contributed by atoms with Crippen LogP contribution in [0.15, 0.2) is 28.7 Å². The van der Waals surface area contributed by atoms with E-state index in [0.717, 1.165) is 7.05 Å². The molecule has 0 fully saturated rings. The number of rotatable bonds is 3. The zero-order chi connectivity index (χ0) is 25.2. The monoisotopic (exact) mass is 471 g/mol. The number of hydrogen-bond donors (Lipinski definition) is 5. The Bertz CT molecular complexity index is 1230. The van der Waals surface area contributed by atoms with Crippen molar-refractivity contribution in [1.82, 2.24) is 5.06 Å². The van der Waals surface area contributed by atoms with Gasteiger partial charge in [0.05, 0.1) is 17.0 Å². The number of phenols is 1. The van der Waals surface area contributed by atoms with Gasteiger partial charge in [-0.3, -0.25) is 24.4 Å². The van der Waals surface area contributed by atoms with Gasteiger partial charge in [-0.05, 0) is 36.3 Å². The van der Waals surface area contributed by atoms with Gasteiger partial charge in [-0.25, -0.2) is 5.06 Å². The zero-order valence-corrected chi connectivity index (χ0v) is 18.8. The summed E-state index contributed by atoms with van der Waals surface area (Å²) in [5.74, 6) is -7.52. The minimum Gasteiger partial charge on any atom is -0.511 e. The second kappa shape index (κ2) is 7.87. The molecule has 11 nitrogen and oxygen atoms in total. The molecule has 3 atom stereocenters. The molecule has 0 radical (unpaired) electrons. The summed E-state index contributed by atoms with van der Waals surface area (Å²) in [6.45, 7) is 0. The number of phenolic OH excluding ortho intramolecular Hbond substituents is 1. The number of nitrogens with zero attached hydrogens (tertiary/aromatic N) is 2. The molecule has 180 valence electrons. The van der Waals surface area contributed by atoms with E-state index < -0.39 is 64.0 Å². The number of nitrogens with two attached hydrogens (primary N) is 1. The number of hydroxylamine groups is 2. The molecule has 34 heavy (non-hydrogen) atoms. The molecular weight excluding hydrogens is 446 g/mol. The Kier molecular flexibility index (Phi) is 5.40. The van der Waals surface area contributed by atoms with Gasteiger partial charge < -0.3 is 26.0 Å². The predicted molar refractivity (Wildman–Crippen MR) is 118 cm³/mol. The standard InChI is InChI=1S/C23H25N3O8/c1-25(2)12-7-11(23(33)26(3)34)18(28)16-10(12)5-8-4-9-6-13(27)17(22(24)32)21(31)15(9)19(29)14(8)20(16)30/h7-9,15,27-29,34H,4-6H2,1-3H3,(H2,24,32). The van der Waals surface area contributed by atoms with E-state index in [-0.39, 0.29) is 41.0 Å². The van der Waals surface area contributed by atoms with Gasteiger partial charge in [0, 0.05) is 38.8 Å². The maximum atomic E-state index is 13.6. The molecule has 4 rings (SSSR count). The summed E-state index contributed by atoms with van der Waals surface area (Å²) in [5, 5.41) is 42.0. The Balaban J connectivity index is 1.91. The van der Waals surface area contributed by atoms with Gasteiger partial charge in [0.25, 0.3) is 11.8 Å². The van der Waals surface area contributed by atoms with Crippen LogP contribution in [0.25, 0.3) is 0 Å². The number of aliphatic hydroxyl groups excluding tert-OH is 2. The number of hydrogen-bond acceptors (Lipinski definition) is 9. The van der Waals surface area contributed by atoms with Gasteiger partial charge in [-0.15, -0.1) is 0 Å². The molecule has 1 aromatic carbocycles.